The molecule has 9 heteroatoms. The largest absolute Gasteiger partial charge is 0.484 e. The van der Waals surface area contributed by atoms with Gasteiger partial charge in [-0.3, -0.25) is 4.79 Å². The molecule has 1 aromatic carbocycles. The summed E-state index contributed by atoms with van der Waals surface area (Å²) in [5.41, 5.74) is 3.66. The summed E-state index contributed by atoms with van der Waals surface area (Å²) in [7, 11) is 2.10. The normalized spacial score (nSPS) is 17.3. The Hall–Kier alpha value is -3.88. The Morgan fingerprint density at radius 2 is 1.89 bits per heavy atom. The molecule has 6 rings (SSSR count). The molecule has 2 aromatic heterocycles. The van der Waals surface area contributed by atoms with E-state index in [4.69, 9.17) is 14.5 Å². The molecule has 4 heterocycles. The van der Waals surface area contributed by atoms with Crippen LogP contribution in [0.15, 0.2) is 42.7 Å². The number of aromatic nitrogens is 3. The van der Waals surface area contributed by atoms with Crippen LogP contribution in [0.1, 0.15) is 32.1 Å². The zero-order valence-corrected chi connectivity index (χ0v) is 19.7. The van der Waals surface area contributed by atoms with Gasteiger partial charge in [0.1, 0.15) is 19.0 Å². The van der Waals surface area contributed by atoms with Crippen molar-refractivity contribution in [1.82, 2.24) is 15.0 Å². The van der Waals surface area contributed by atoms with Gasteiger partial charge in [-0.25, -0.2) is 9.97 Å². The van der Waals surface area contributed by atoms with Gasteiger partial charge in [-0.15, -0.1) is 0 Å². The molecule has 0 radical (unpaired) electrons. The molecule has 1 amide bonds. The summed E-state index contributed by atoms with van der Waals surface area (Å²) >= 11 is 0. The molecule has 0 bridgehead atoms. The highest BCUT2D eigenvalue weighted by Crippen LogP contribution is 2.36. The Labute approximate surface area is 204 Å². The van der Waals surface area contributed by atoms with Crippen LogP contribution in [0.3, 0.4) is 0 Å². The summed E-state index contributed by atoms with van der Waals surface area (Å²) in [5, 5.41) is 3.26. The average molecular weight is 473 g/mol. The van der Waals surface area contributed by atoms with Gasteiger partial charge in [-0.1, -0.05) is 12.1 Å². The summed E-state index contributed by atoms with van der Waals surface area (Å²) in [6, 6.07) is 10.4. The molecule has 180 valence electrons. The Morgan fingerprint density at radius 3 is 2.63 bits per heavy atom. The lowest BCUT2D eigenvalue weighted by molar-refractivity contribution is -0.117. The second-order valence-electron chi connectivity index (χ2n) is 9.17. The minimum atomic E-state index is 0.190. The number of amides is 1. The third-order valence-electron chi connectivity index (χ3n) is 6.94. The van der Waals surface area contributed by atoms with Crippen LogP contribution in [0, 0.1) is 0 Å². The third-order valence-corrected chi connectivity index (χ3v) is 6.94. The van der Waals surface area contributed by atoms with Crippen molar-refractivity contribution >= 4 is 29.0 Å². The second kappa shape index (κ2) is 9.05. The summed E-state index contributed by atoms with van der Waals surface area (Å²) in [6.07, 6.45) is 8.65. The third kappa shape index (κ3) is 4.22. The molecule has 1 N–H and O–H groups in total. The fraction of sp³-hybridized carbons (Fsp3) is 0.385. The van der Waals surface area contributed by atoms with E-state index in [-0.39, 0.29) is 5.91 Å². The molecule has 1 saturated heterocycles. The Balaban J connectivity index is 1.30. The minimum absolute atomic E-state index is 0.190. The molecule has 2 aliphatic heterocycles. The number of carbonyl (C=O) groups excluding carboxylic acids is 1. The first-order valence-corrected chi connectivity index (χ1v) is 12.2. The highest BCUT2D eigenvalue weighted by atomic mass is 16.6. The lowest BCUT2D eigenvalue weighted by atomic mass is 9.91. The van der Waals surface area contributed by atoms with Gasteiger partial charge in [0.25, 0.3) is 5.88 Å². The fourth-order valence-electron chi connectivity index (χ4n) is 4.73. The molecule has 1 aliphatic carbocycles. The van der Waals surface area contributed by atoms with Gasteiger partial charge in [0.15, 0.2) is 5.75 Å². The summed E-state index contributed by atoms with van der Waals surface area (Å²) in [4.78, 5) is 30.1. The molecule has 1 saturated carbocycles. The zero-order valence-electron chi connectivity index (χ0n) is 19.7. The van der Waals surface area contributed by atoms with E-state index >= 15 is 0 Å². The zero-order chi connectivity index (χ0) is 23.8. The quantitative estimate of drug-likeness (QED) is 0.572. The second-order valence-corrected chi connectivity index (χ2v) is 9.17. The number of rotatable bonds is 6. The highest BCUT2D eigenvalue weighted by Gasteiger charge is 2.26. The van der Waals surface area contributed by atoms with Gasteiger partial charge < -0.3 is 24.6 Å². The molecule has 0 spiro atoms. The first kappa shape index (κ1) is 21.6. The molecule has 35 heavy (non-hydrogen) atoms. The number of anilines is 4. The highest BCUT2D eigenvalue weighted by molar-refractivity contribution is 5.95. The molecular weight excluding hydrogens is 444 g/mol. The van der Waals surface area contributed by atoms with Gasteiger partial charge in [0.05, 0.1) is 11.9 Å². The standard InChI is InChI=1S/C26H28N6O3/c1-31(19-4-2-5-19)24-21(17-7-9-20(10-8-17)32-11-3-6-23(32)33)16-28-26(30-24)29-18-14-22-25(27-15-18)35-13-12-34-22/h7-10,14-16,19H,2-6,11-13H2,1H3,(H,28,29,30). The number of fused-ring (bicyclic) bond motifs is 1. The van der Waals surface area contributed by atoms with Crippen LogP contribution in [0.4, 0.5) is 23.1 Å². The Kier molecular flexibility index (Phi) is 5.60. The van der Waals surface area contributed by atoms with Crippen molar-refractivity contribution in [3.8, 4) is 22.8 Å². The fourth-order valence-corrected chi connectivity index (χ4v) is 4.73. The number of carbonyl (C=O) groups is 1. The SMILES string of the molecule is CN(c1nc(Nc2cnc3c(c2)OCCO3)ncc1-c1ccc(N2CCCC2=O)cc1)C1CCC1. The maximum absolute atomic E-state index is 12.1. The van der Waals surface area contributed by atoms with Gasteiger partial charge in [-0.2, -0.15) is 4.98 Å². The lowest BCUT2D eigenvalue weighted by Crippen LogP contribution is -2.38. The Morgan fingerprint density at radius 1 is 1.06 bits per heavy atom. The van der Waals surface area contributed by atoms with E-state index in [1.165, 1.54) is 6.42 Å². The van der Waals surface area contributed by atoms with Crippen molar-refractivity contribution in [2.24, 2.45) is 0 Å². The lowest BCUT2D eigenvalue weighted by Gasteiger charge is -2.36. The van der Waals surface area contributed by atoms with Crippen LogP contribution in [-0.4, -0.2) is 53.7 Å². The van der Waals surface area contributed by atoms with Crippen LogP contribution < -0.4 is 24.6 Å². The van der Waals surface area contributed by atoms with Crippen LogP contribution in [0.2, 0.25) is 0 Å². The van der Waals surface area contributed by atoms with Crippen LogP contribution in [0.5, 0.6) is 11.6 Å². The van der Waals surface area contributed by atoms with E-state index in [2.05, 4.69) is 39.4 Å². The molecule has 3 aromatic rings. The predicted octanol–water partition coefficient (Wildman–Crippen LogP) is 4.17. The van der Waals surface area contributed by atoms with Crippen molar-refractivity contribution in [1.29, 1.82) is 0 Å². The number of benzene rings is 1. The Bertz CT molecular complexity index is 1240. The molecule has 9 nitrogen and oxygen atoms in total. The molecular formula is C26H28N6O3. The summed E-state index contributed by atoms with van der Waals surface area (Å²) in [5.74, 6) is 2.68. The topological polar surface area (TPSA) is 92.7 Å². The first-order valence-electron chi connectivity index (χ1n) is 12.2. The van der Waals surface area contributed by atoms with Gasteiger partial charge >= 0.3 is 0 Å². The minimum Gasteiger partial charge on any atom is -0.484 e. The van der Waals surface area contributed by atoms with Crippen molar-refractivity contribution in [3.63, 3.8) is 0 Å². The van der Waals surface area contributed by atoms with Gasteiger partial charge in [-0.05, 0) is 43.4 Å². The van der Waals surface area contributed by atoms with E-state index in [9.17, 15) is 4.79 Å². The predicted molar refractivity (Wildman–Crippen MR) is 134 cm³/mol. The van der Waals surface area contributed by atoms with Gasteiger partial charge in [0.2, 0.25) is 11.9 Å². The van der Waals surface area contributed by atoms with Crippen LogP contribution >= 0.6 is 0 Å². The van der Waals surface area contributed by atoms with Crippen molar-refractivity contribution < 1.29 is 14.3 Å². The molecule has 0 atom stereocenters. The smallest absolute Gasteiger partial charge is 0.257 e. The van der Waals surface area contributed by atoms with E-state index in [1.807, 2.05) is 29.3 Å². The van der Waals surface area contributed by atoms with Crippen LogP contribution in [-0.2, 0) is 4.79 Å². The monoisotopic (exact) mass is 472 g/mol. The van der Waals surface area contributed by atoms with Crippen molar-refractivity contribution in [2.75, 3.05) is 41.9 Å². The summed E-state index contributed by atoms with van der Waals surface area (Å²) in [6.45, 7) is 1.79. The van der Waals surface area contributed by atoms with Gasteiger partial charge in [0, 0.05) is 49.6 Å². The number of nitrogens with zero attached hydrogens (tertiary/aromatic N) is 5. The maximum Gasteiger partial charge on any atom is 0.257 e. The van der Waals surface area contributed by atoms with E-state index in [0.717, 1.165) is 54.1 Å². The number of pyridine rings is 1. The van der Waals surface area contributed by atoms with Crippen LogP contribution in [0.25, 0.3) is 11.1 Å². The van der Waals surface area contributed by atoms with E-state index in [0.29, 0.717) is 43.3 Å². The number of ether oxygens (including phenoxy) is 2. The number of hydrogen-bond acceptors (Lipinski definition) is 8. The first-order chi connectivity index (χ1) is 17.2. The van der Waals surface area contributed by atoms with Crippen molar-refractivity contribution in [3.05, 3.63) is 42.7 Å². The number of hydrogen-bond donors (Lipinski definition) is 1. The van der Waals surface area contributed by atoms with E-state index in [1.54, 1.807) is 6.20 Å². The molecule has 3 aliphatic rings. The maximum atomic E-state index is 12.1. The number of nitrogens with one attached hydrogen (secondary N) is 1. The van der Waals surface area contributed by atoms with Crippen molar-refractivity contribution in [2.45, 2.75) is 38.1 Å². The molecule has 0 unspecified atom stereocenters. The van der Waals surface area contributed by atoms with E-state index < -0.39 is 0 Å². The molecule has 2 fully saturated rings. The summed E-state index contributed by atoms with van der Waals surface area (Å²) < 4.78 is 11.2. The average Bonchev–Trinajstić information content (AvgIpc) is 3.29.